The van der Waals surface area contributed by atoms with Crippen molar-refractivity contribution in [2.75, 3.05) is 13.6 Å². The standard InChI is InChI=1S/C13H16N2/c1-9-3-10(7-14-6-9)13-5-12-4-11(13)8-15(12)2/h3,5-7,11-12H,4,8H2,1-2H3. The molecule has 2 heteroatoms. The van der Waals surface area contributed by atoms with Crippen LogP contribution in [0.15, 0.2) is 24.5 Å². The fourth-order valence-corrected chi connectivity index (χ4v) is 2.84. The average molecular weight is 200 g/mol. The molecule has 1 aromatic rings. The van der Waals surface area contributed by atoms with Gasteiger partial charge in [0.2, 0.25) is 0 Å². The van der Waals surface area contributed by atoms with Crippen LogP contribution in [0.3, 0.4) is 0 Å². The van der Waals surface area contributed by atoms with E-state index in [1.165, 1.54) is 29.7 Å². The molecular weight excluding hydrogens is 184 g/mol. The second-order valence-corrected chi connectivity index (χ2v) is 4.81. The van der Waals surface area contributed by atoms with E-state index >= 15 is 0 Å². The minimum Gasteiger partial charge on any atom is -0.299 e. The summed E-state index contributed by atoms with van der Waals surface area (Å²) in [7, 11) is 2.21. The molecule has 3 rings (SSSR count). The monoisotopic (exact) mass is 200 g/mol. The van der Waals surface area contributed by atoms with Gasteiger partial charge in [0.25, 0.3) is 0 Å². The van der Waals surface area contributed by atoms with Gasteiger partial charge in [0, 0.05) is 25.0 Å². The maximum atomic E-state index is 4.28. The summed E-state index contributed by atoms with van der Waals surface area (Å²) in [6.45, 7) is 3.32. The fourth-order valence-electron chi connectivity index (χ4n) is 2.84. The van der Waals surface area contributed by atoms with Crippen molar-refractivity contribution in [1.29, 1.82) is 0 Å². The third-order valence-corrected chi connectivity index (χ3v) is 3.62. The molecule has 2 unspecified atom stereocenters. The van der Waals surface area contributed by atoms with Gasteiger partial charge < -0.3 is 0 Å². The van der Waals surface area contributed by atoms with Crippen molar-refractivity contribution in [3.63, 3.8) is 0 Å². The van der Waals surface area contributed by atoms with Crippen LogP contribution in [0.1, 0.15) is 17.5 Å². The zero-order valence-electron chi connectivity index (χ0n) is 9.27. The molecule has 2 aliphatic rings. The van der Waals surface area contributed by atoms with Crippen molar-refractivity contribution in [1.82, 2.24) is 9.88 Å². The summed E-state index contributed by atoms with van der Waals surface area (Å²) < 4.78 is 0. The second kappa shape index (κ2) is 3.17. The number of pyridine rings is 1. The fraction of sp³-hybridized carbons (Fsp3) is 0.462. The molecule has 0 spiro atoms. The van der Waals surface area contributed by atoms with Crippen LogP contribution in [0.4, 0.5) is 0 Å². The Labute approximate surface area is 90.6 Å². The van der Waals surface area contributed by atoms with Crippen LogP contribution in [0.5, 0.6) is 0 Å². The lowest BCUT2D eigenvalue weighted by atomic mass is 9.96. The highest BCUT2D eigenvalue weighted by molar-refractivity contribution is 5.71. The van der Waals surface area contributed by atoms with Gasteiger partial charge in [0.15, 0.2) is 0 Å². The summed E-state index contributed by atoms with van der Waals surface area (Å²) in [6.07, 6.45) is 7.65. The van der Waals surface area contributed by atoms with Crippen LogP contribution < -0.4 is 0 Å². The Kier molecular flexibility index (Phi) is 1.93. The summed E-state index contributed by atoms with van der Waals surface area (Å²) in [5.41, 5.74) is 4.11. The van der Waals surface area contributed by atoms with Crippen molar-refractivity contribution < 1.29 is 0 Å². The van der Waals surface area contributed by atoms with Crippen LogP contribution in [0, 0.1) is 12.8 Å². The molecule has 2 bridgehead atoms. The first-order chi connectivity index (χ1) is 7.24. The van der Waals surface area contributed by atoms with Gasteiger partial charge in [-0.1, -0.05) is 6.08 Å². The zero-order valence-corrected chi connectivity index (χ0v) is 9.27. The van der Waals surface area contributed by atoms with E-state index < -0.39 is 0 Å². The Morgan fingerprint density at radius 3 is 2.87 bits per heavy atom. The van der Waals surface area contributed by atoms with E-state index in [1.807, 2.05) is 12.4 Å². The quantitative estimate of drug-likeness (QED) is 0.690. The van der Waals surface area contributed by atoms with E-state index in [-0.39, 0.29) is 0 Å². The van der Waals surface area contributed by atoms with Gasteiger partial charge >= 0.3 is 0 Å². The van der Waals surface area contributed by atoms with Crippen LogP contribution in [0.2, 0.25) is 0 Å². The van der Waals surface area contributed by atoms with Gasteiger partial charge in [0.05, 0.1) is 0 Å². The van der Waals surface area contributed by atoms with E-state index in [1.54, 1.807) is 0 Å². The van der Waals surface area contributed by atoms with E-state index in [0.717, 1.165) is 5.92 Å². The summed E-state index contributed by atoms with van der Waals surface area (Å²) in [6, 6.07) is 2.92. The predicted octanol–water partition coefficient (Wildman–Crippen LogP) is 2.11. The smallest absolute Gasteiger partial charge is 0.0343 e. The molecule has 1 aliphatic carbocycles. The van der Waals surface area contributed by atoms with Gasteiger partial charge in [-0.2, -0.15) is 0 Å². The summed E-state index contributed by atoms with van der Waals surface area (Å²) >= 11 is 0. The molecule has 0 N–H and O–H groups in total. The Hall–Kier alpha value is -1.15. The van der Waals surface area contributed by atoms with Crippen LogP contribution in [0.25, 0.3) is 5.57 Å². The number of aryl methyl sites for hydroxylation is 1. The molecule has 15 heavy (non-hydrogen) atoms. The Balaban J connectivity index is 1.97. The van der Waals surface area contributed by atoms with Gasteiger partial charge in [-0.3, -0.25) is 9.88 Å². The molecule has 1 aromatic heterocycles. The number of rotatable bonds is 1. The van der Waals surface area contributed by atoms with Crippen LogP contribution >= 0.6 is 0 Å². The lowest BCUT2D eigenvalue weighted by Gasteiger charge is -2.21. The number of likely N-dealkylation sites (tertiary alicyclic amines) is 1. The van der Waals surface area contributed by atoms with Gasteiger partial charge in [-0.05, 0) is 49.1 Å². The highest BCUT2D eigenvalue weighted by Crippen LogP contribution is 2.41. The Bertz CT molecular complexity index is 422. The molecule has 0 saturated carbocycles. The molecular formula is C13H16N2. The van der Waals surface area contributed by atoms with E-state index in [0.29, 0.717) is 6.04 Å². The van der Waals surface area contributed by atoms with Crippen molar-refractivity contribution >= 4 is 5.57 Å². The number of aromatic nitrogens is 1. The first-order valence-corrected chi connectivity index (χ1v) is 5.58. The third kappa shape index (κ3) is 1.40. The molecule has 0 amide bonds. The first kappa shape index (κ1) is 9.10. The SMILES string of the molecule is Cc1cncc(C2=CC3CC2CN3C)c1. The van der Waals surface area contributed by atoms with Crippen molar-refractivity contribution in [2.45, 2.75) is 19.4 Å². The molecule has 1 fully saturated rings. The Morgan fingerprint density at radius 1 is 1.40 bits per heavy atom. The molecule has 1 saturated heterocycles. The van der Waals surface area contributed by atoms with Gasteiger partial charge in [-0.25, -0.2) is 0 Å². The van der Waals surface area contributed by atoms with Crippen molar-refractivity contribution in [2.24, 2.45) is 5.92 Å². The van der Waals surface area contributed by atoms with E-state index in [2.05, 4.69) is 36.0 Å². The Morgan fingerprint density at radius 2 is 2.27 bits per heavy atom. The zero-order chi connectivity index (χ0) is 10.4. The largest absolute Gasteiger partial charge is 0.299 e. The molecule has 78 valence electrons. The average Bonchev–Trinajstić information content (AvgIpc) is 2.76. The minimum absolute atomic E-state index is 0.672. The van der Waals surface area contributed by atoms with Gasteiger partial charge in [-0.15, -0.1) is 0 Å². The number of hydrogen-bond donors (Lipinski definition) is 0. The number of likely N-dealkylation sites (N-methyl/N-ethyl adjacent to an activating group) is 1. The minimum atomic E-state index is 0.672. The molecule has 0 aromatic carbocycles. The van der Waals surface area contributed by atoms with E-state index in [9.17, 15) is 0 Å². The van der Waals surface area contributed by atoms with Crippen LogP contribution in [-0.2, 0) is 0 Å². The number of nitrogens with zero attached hydrogens (tertiary/aromatic N) is 2. The maximum absolute atomic E-state index is 4.28. The van der Waals surface area contributed by atoms with E-state index in [4.69, 9.17) is 0 Å². The number of hydrogen-bond acceptors (Lipinski definition) is 2. The summed E-state index contributed by atoms with van der Waals surface area (Å²) in [5.74, 6) is 0.739. The summed E-state index contributed by atoms with van der Waals surface area (Å²) in [5, 5.41) is 0. The van der Waals surface area contributed by atoms with Gasteiger partial charge in [0.1, 0.15) is 0 Å². The third-order valence-electron chi connectivity index (χ3n) is 3.62. The molecule has 0 radical (unpaired) electrons. The van der Waals surface area contributed by atoms with Crippen molar-refractivity contribution in [3.8, 4) is 0 Å². The highest BCUT2D eigenvalue weighted by Gasteiger charge is 2.36. The molecule has 2 nitrogen and oxygen atoms in total. The normalized spacial score (nSPS) is 29.6. The lowest BCUT2D eigenvalue weighted by molar-refractivity contribution is 0.347. The maximum Gasteiger partial charge on any atom is 0.0343 e. The summed E-state index contributed by atoms with van der Waals surface area (Å²) in [4.78, 5) is 6.72. The topological polar surface area (TPSA) is 16.1 Å². The first-order valence-electron chi connectivity index (χ1n) is 5.58. The molecule has 2 atom stereocenters. The number of fused-ring (bicyclic) bond motifs is 2. The highest BCUT2D eigenvalue weighted by atomic mass is 15.2. The second-order valence-electron chi connectivity index (χ2n) is 4.81. The molecule has 2 heterocycles. The lowest BCUT2D eigenvalue weighted by Crippen LogP contribution is -2.25. The van der Waals surface area contributed by atoms with Crippen molar-refractivity contribution in [3.05, 3.63) is 35.7 Å². The molecule has 1 aliphatic heterocycles. The van der Waals surface area contributed by atoms with Crippen LogP contribution in [-0.4, -0.2) is 29.5 Å². The predicted molar refractivity (Wildman–Crippen MR) is 61.5 cm³/mol.